The van der Waals surface area contributed by atoms with Crippen LogP contribution in [0.5, 0.6) is 0 Å². The van der Waals surface area contributed by atoms with Crippen molar-refractivity contribution in [1.82, 2.24) is 15.5 Å². The molecule has 1 aromatic rings. The van der Waals surface area contributed by atoms with Gasteiger partial charge in [0, 0.05) is 50.3 Å². The molecule has 0 radical (unpaired) electrons. The first-order valence-corrected chi connectivity index (χ1v) is 14.1. The third-order valence-electron chi connectivity index (χ3n) is 8.18. The molecule has 0 bridgehead atoms. The van der Waals surface area contributed by atoms with E-state index in [1.54, 1.807) is 7.11 Å². The van der Waals surface area contributed by atoms with Gasteiger partial charge in [0.15, 0.2) is 0 Å². The van der Waals surface area contributed by atoms with Crippen molar-refractivity contribution in [2.24, 2.45) is 5.92 Å². The number of amides is 2. The number of aliphatic hydroxyl groups is 2. The van der Waals surface area contributed by atoms with Gasteiger partial charge in [-0.05, 0) is 76.1 Å². The molecule has 0 spiro atoms. The maximum absolute atomic E-state index is 13.2. The molecule has 1 aromatic carbocycles. The molecular formula is C28H46ClN3O4. The van der Waals surface area contributed by atoms with Crippen molar-refractivity contribution in [3.63, 3.8) is 0 Å². The summed E-state index contributed by atoms with van der Waals surface area (Å²) in [4.78, 5) is 15.0. The van der Waals surface area contributed by atoms with Gasteiger partial charge in [-0.1, -0.05) is 43.0 Å². The molecule has 2 fully saturated rings. The zero-order valence-electron chi connectivity index (χ0n) is 22.1. The molecule has 2 amide bonds. The average Bonchev–Trinajstić information content (AvgIpc) is 2.89. The molecule has 8 heteroatoms. The maximum Gasteiger partial charge on any atom is 0.317 e. The van der Waals surface area contributed by atoms with E-state index in [2.05, 4.69) is 10.6 Å². The standard InChI is InChI=1S/C28H46ClN3O4/c1-30-25(19-27(34)13-4-3-5-14-27)20-31-26(33)32-16-9-11-23(21-32)28(35,15-6-7-17-36-2)22-10-8-12-24(29)18-22/h8,10,12,18,23,25,30,34-35H,3-7,9,11,13-17,19-21H2,1-2H3,(H,31,33)/t23-,25?,28-/m1/s1. The first kappa shape index (κ1) is 29.2. The van der Waals surface area contributed by atoms with Crippen LogP contribution in [-0.2, 0) is 10.3 Å². The molecule has 204 valence electrons. The van der Waals surface area contributed by atoms with Crippen molar-refractivity contribution in [3.8, 4) is 0 Å². The Labute approximate surface area is 221 Å². The van der Waals surface area contributed by atoms with Crippen molar-refractivity contribution in [1.29, 1.82) is 0 Å². The second-order valence-corrected chi connectivity index (χ2v) is 11.3. The first-order chi connectivity index (χ1) is 17.3. The molecule has 7 nitrogen and oxygen atoms in total. The van der Waals surface area contributed by atoms with Crippen LogP contribution in [0, 0.1) is 5.92 Å². The number of likely N-dealkylation sites (tertiary alicyclic amines) is 1. The number of methoxy groups -OCH3 is 1. The number of carbonyl (C=O) groups excluding carboxylic acids is 1. The Kier molecular flexibility index (Phi) is 11.3. The lowest BCUT2D eigenvalue weighted by Gasteiger charge is -2.43. The summed E-state index contributed by atoms with van der Waals surface area (Å²) in [6.45, 7) is 2.29. The molecule has 2 aliphatic rings. The molecule has 0 aromatic heterocycles. The molecule has 3 rings (SSSR count). The third kappa shape index (κ3) is 8.06. The van der Waals surface area contributed by atoms with Gasteiger partial charge in [0.05, 0.1) is 11.2 Å². The smallest absolute Gasteiger partial charge is 0.317 e. The SMILES string of the molecule is CNC(CNC(=O)N1CCC[C@@H]([C@@](O)(CCCCOC)c2cccc(Cl)c2)C1)CC1(O)CCCCC1. The Morgan fingerprint density at radius 3 is 2.75 bits per heavy atom. The van der Waals surface area contributed by atoms with E-state index in [9.17, 15) is 15.0 Å². The summed E-state index contributed by atoms with van der Waals surface area (Å²) in [5.41, 5.74) is -0.881. The number of hydrogen-bond donors (Lipinski definition) is 4. The summed E-state index contributed by atoms with van der Waals surface area (Å²) < 4.78 is 5.20. The molecule has 1 aliphatic heterocycles. The van der Waals surface area contributed by atoms with E-state index < -0.39 is 11.2 Å². The van der Waals surface area contributed by atoms with Crippen molar-refractivity contribution in [2.75, 3.05) is 40.4 Å². The van der Waals surface area contributed by atoms with E-state index in [0.29, 0.717) is 44.1 Å². The fourth-order valence-corrected chi connectivity index (χ4v) is 6.20. The van der Waals surface area contributed by atoms with Crippen LogP contribution in [0.1, 0.15) is 76.2 Å². The number of benzene rings is 1. The largest absolute Gasteiger partial charge is 0.390 e. The van der Waals surface area contributed by atoms with Gasteiger partial charge >= 0.3 is 6.03 Å². The van der Waals surface area contributed by atoms with Gasteiger partial charge in [-0.3, -0.25) is 0 Å². The second-order valence-electron chi connectivity index (χ2n) is 10.8. The van der Waals surface area contributed by atoms with Crippen LogP contribution < -0.4 is 10.6 Å². The number of ether oxygens (including phenoxy) is 1. The first-order valence-electron chi connectivity index (χ1n) is 13.7. The maximum atomic E-state index is 13.2. The average molecular weight is 524 g/mol. The van der Waals surface area contributed by atoms with Crippen LogP contribution in [0.2, 0.25) is 5.02 Å². The Balaban J connectivity index is 1.62. The van der Waals surface area contributed by atoms with Gasteiger partial charge in [0.2, 0.25) is 0 Å². The molecule has 4 N–H and O–H groups in total. The fourth-order valence-electron chi connectivity index (χ4n) is 6.01. The number of hydrogen-bond acceptors (Lipinski definition) is 5. The number of halogens is 1. The summed E-state index contributed by atoms with van der Waals surface area (Å²) in [7, 11) is 3.57. The van der Waals surface area contributed by atoms with Crippen LogP contribution in [0.3, 0.4) is 0 Å². The zero-order valence-corrected chi connectivity index (χ0v) is 22.9. The highest BCUT2D eigenvalue weighted by Crippen LogP contribution is 2.40. The predicted molar refractivity (Wildman–Crippen MR) is 144 cm³/mol. The van der Waals surface area contributed by atoms with Crippen LogP contribution in [-0.4, -0.2) is 73.2 Å². The van der Waals surface area contributed by atoms with E-state index >= 15 is 0 Å². The second kappa shape index (κ2) is 14.0. The van der Waals surface area contributed by atoms with Gasteiger partial charge in [-0.25, -0.2) is 4.79 Å². The normalized spacial score (nSPS) is 22.6. The topological polar surface area (TPSA) is 94.1 Å². The Bertz CT molecular complexity index is 820. The monoisotopic (exact) mass is 523 g/mol. The Morgan fingerprint density at radius 2 is 2.06 bits per heavy atom. The molecule has 1 saturated carbocycles. The fraction of sp³-hybridized carbons (Fsp3) is 0.750. The lowest BCUT2D eigenvalue weighted by molar-refractivity contribution is -0.0563. The number of piperidine rings is 1. The molecule has 1 heterocycles. The molecule has 36 heavy (non-hydrogen) atoms. The number of urea groups is 1. The Morgan fingerprint density at radius 1 is 1.28 bits per heavy atom. The van der Waals surface area contributed by atoms with Gasteiger partial charge in [-0.15, -0.1) is 0 Å². The number of nitrogens with one attached hydrogen (secondary N) is 2. The molecule has 1 unspecified atom stereocenters. The summed E-state index contributed by atoms with van der Waals surface area (Å²) >= 11 is 6.29. The summed E-state index contributed by atoms with van der Waals surface area (Å²) in [5.74, 6) is -0.0824. The van der Waals surface area contributed by atoms with Crippen LogP contribution in [0.25, 0.3) is 0 Å². The number of likely N-dealkylation sites (N-methyl/N-ethyl adjacent to an activating group) is 1. The molecule has 1 saturated heterocycles. The molecular weight excluding hydrogens is 478 g/mol. The third-order valence-corrected chi connectivity index (χ3v) is 8.42. The number of unbranched alkanes of at least 4 members (excludes halogenated alkanes) is 1. The summed E-state index contributed by atoms with van der Waals surface area (Å²) in [6.07, 6.45) is 9.61. The number of rotatable bonds is 12. The van der Waals surface area contributed by atoms with E-state index in [1.807, 2.05) is 36.2 Å². The van der Waals surface area contributed by atoms with Gasteiger partial charge < -0.3 is 30.5 Å². The summed E-state index contributed by atoms with van der Waals surface area (Å²) in [6, 6.07) is 7.40. The number of nitrogens with zero attached hydrogens (tertiary/aromatic N) is 1. The molecule has 3 atom stereocenters. The van der Waals surface area contributed by atoms with Crippen LogP contribution in [0.4, 0.5) is 4.79 Å². The van der Waals surface area contributed by atoms with E-state index in [1.165, 1.54) is 6.42 Å². The van der Waals surface area contributed by atoms with E-state index in [0.717, 1.165) is 56.9 Å². The van der Waals surface area contributed by atoms with Crippen LogP contribution in [0.15, 0.2) is 24.3 Å². The van der Waals surface area contributed by atoms with Crippen molar-refractivity contribution in [2.45, 2.75) is 87.9 Å². The zero-order chi connectivity index (χ0) is 26.0. The minimum atomic E-state index is -1.06. The molecule has 1 aliphatic carbocycles. The van der Waals surface area contributed by atoms with Crippen molar-refractivity contribution < 1.29 is 19.7 Å². The highest BCUT2D eigenvalue weighted by molar-refractivity contribution is 6.30. The summed E-state index contributed by atoms with van der Waals surface area (Å²) in [5, 5.41) is 29.9. The lowest BCUT2D eigenvalue weighted by Crippen LogP contribution is -2.53. The quantitative estimate of drug-likeness (QED) is 0.304. The minimum Gasteiger partial charge on any atom is -0.390 e. The lowest BCUT2D eigenvalue weighted by atomic mass is 9.74. The van der Waals surface area contributed by atoms with Crippen LogP contribution >= 0.6 is 11.6 Å². The predicted octanol–water partition coefficient (Wildman–Crippen LogP) is 4.44. The minimum absolute atomic E-state index is 0.0156. The van der Waals surface area contributed by atoms with Crippen molar-refractivity contribution in [3.05, 3.63) is 34.9 Å². The highest BCUT2D eigenvalue weighted by Gasteiger charge is 2.41. The van der Waals surface area contributed by atoms with Gasteiger partial charge in [-0.2, -0.15) is 0 Å². The Hall–Kier alpha value is -1.38. The number of carbonyl (C=O) groups is 1. The highest BCUT2D eigenvalue weighted by atomic mass is 35.5. The van der Waals surface area contributed by atoms with Gasteiger partial charge in [0.1, 0.15) is 0 Å². The van der Waals surface area contributed by atoms with Gasteiger partial charge in [0.25, 0.3) is 0 Å². The van der Waals surface area contributed by atoms with E-state index in [-0.39, 0.29) is 18.0 Å². The van der Waals surface area contributed by atoms with Crippen molar-refractivity contribution >= 4 is 17.6 Å². The van der Waals surface area contributed by atoms with E-state index in [4.69, 9.17) is 16.3 Å².